The number of para-hydroxylation sites is 1. The maximum atomic E-state index is 14.0. The zero-order valence-corrected chi connectivity index (χ0v) is 27.8. The number of hydrogen-bond acceptors (Lipinski definition) is 11. The third-order valence-corrected chi connectivity index (χ3v) is 8.04. The first-order valence-electron chi connectivity index (χ1n) is 14.9. The molecule has 2 aromatic carbocycles. The first-order chi connectivity index (χ1) is 22.5. The minimum Gasteiger partial charge on any atom is -0.420 e. The van der Waals surface area contributed by atoms with Gasteiger partial charge in [-0.25, -0.2) is 9.78 Å². The molecule has 0 aliphatic rings. The number of aryl methyl sites for hydroxylation is 1. The van der Waals surface area contributed by atoms with Gasteiger partial charge < -0.3 is 34.9 Å². The lowest BCUT2D eigenvalue weighted by molar-refractivity contribution is -0.142. The molecule has 0 aliphatic heterocycles. The summed E-state index contributed by atoms with van der Waals surface area (Å²) in [5.74, 6) is -2.33. The van der Waals surface area contributed by atoms with Gasteiger partial charge in [0.1, 0.15) is 22.7 Å². The van der Waals surface area contributed by atoms with Gasteiger partial charge in [-0.15, -0.1) is 11.3 Å². The van der Waals surface area contributed by atoms with Gasteiger partial charge in [0.2, 0.25) is 11.8 Å². The Hall–Kier alpha value is -4.66. The minimum atomic E-state index is -1.68. The zero-order chi connectivity index (χ0) is 34.4. The highest BCUT2D eigenvalue weighted by atomic mass is 32.1. The van der Waals surface area contributed by atoms with Crippen LogP contribution in [0.2, 0.25) is 0 Å². The topological polar surface area (TPSA) is 171 Å². The number of hydrogen-bond donors (Lipinski definition) is 3. The highest BCUT2D eigenvalue weighted by molar-refractivity contribution is 7.13. The summed E-state index contributed by atoms with van der Waals surface area (Å²) in [6.07, 6.45) is 0.454. The smallest absolute Gasteiger partial charge is 0.420 e. The van der Waals surface area contributed by atoms with Crippen LogP contribution in [0.4, 0.5) is 4.79 Å². The number of Topliss-reactive ketones (excluding diaryl/α,β-unsaturated/α-hetero) is 1. The minimum absolute atomic E-state index is 0.0579. The number of rotatable bonds is 17. The van der Waals surface area contributed by atoms with E-state index in [2.05, 4.69) is 20.9 Å². The summed E-state index contributed by atoms with van der Waals surface area (Å²) in [5, 5.41) is 8.58. The van der Waals surface area contributed by atoms with Crippen molar-refractivity contribution in [1.29, 1.82) is 0 Å². The van der Waals surface area contributed by atoms with Gasteiger partial charge in [0.05, 0.1) is 30.5 Å². The SMILES string of the molecule is CC[C@@](C)(OC(=O)Oc1ccccc1)C(=O)[C@H](Cc1ccccc1)NC(=O)[C@H](COC)NC(=O)[C@H](COC)NC(=O)c1cnc(C)s1. The van der Waals surface area contributed by atoms with Crippen LogP contribution in [-0.2, 0) is 35.0 Å². The Morgan fingerprint density at radius 1 is 0.830 bits per heavy atom. The van der Waals surface area contributed by atoms with Gasteiger partial charge in [-0.2, -0.15) is 0 Å². The van der Waals surface area contributed by atoms with E-state index in [0.717, 1.165) is 16.9 Å². The van der Waals surface area contributed by atoms with Gasteiger partial charge in [-0.05, 0) is 44.4 Å². The lowest BCUT2D eigenvalue weighted by Crippen LogP contribution is -2.60. The van der Waals surface area contributed by atoms with Crippen LogP contribution in [0.25, 0.3) is 0 Å². The molecule has 4 atom stereocenters. The Labute approximate surface area is 277 Å². The Morgan fingerprint density at radius 3 is 1.91 bits per heavy atom. The second-order valence-electron chi connectivity index (χ2n) is 10.7. The van der Waals surface area contributed by atoms with Crippen molar-refractivity contribution in [3.63, 3.8) is 0 Å². The normalized spacial score (nSPS) is 14.1. The Kier molecular flexibility index (Phi) is 14.0. The molecule has 0 aliphatic carbocycles. The number of benzene rings is 2. The van der Waals surface area contributed by atoms with Gasteiger partial charge >= 0.3 is 6.16 Å². The quantitative estimate of drug-likeness (QED) is 0.144. The molecule has 14 heteroatoms. The molecule has 13 nitrogen and oxygen atoms in total. The lowest BCUT2D eigenvalue weighted by Gasteiger charge is -2.31. The molecule has 1 aromatic heterocycles. The van der Waals surface area contributed by atoms with E-state index >= 15 is 0 Å². The summed E-state index contributed by atoms with van der Waals surface area (Å²) in [5.41, 5.74) is -0.952. The highest BCUT2D eigenvalue weighted by Crippen LogP contribution is 2.23. The van der Waals surface area contributed by atoms with E-state index in [1.54, 1.807) is 68.4 Å². The van der Waals surface area contributed by atoms with E-state index in [9.17, 15) is 24.0 Å². The van der Waals surface area contributed by atoms with Crippen molar-refractivity contribution in [2.45, 2.75) is 57.3 Å². The summed E-state index contributed by atoms with van der Waals surface area (Å²) in [7, 11) is 2.71. The summed E-state index contributed by atoms with van der Waals surface area (Å²) >= 11 is 1.16. The molecule has 3 aromatic rings. The predicted molar refractivity (Wildman–Crippen MR) is 173 cm³/mol. The van der Waals surface area contributed by atoms with Crippen molar-refractivity contribution in [3.8, 4) is 5.75 Å². The second-order valence-corrected chi connectivity index (χ2v) is 11.9. The molecule has 252 valence electrons. The van der Waals surface area contributed by atoms with Crippen molar-refractivity contribution in [1.82, 2.24) is 20.9 Å². The van der Waals surface area contributed by atoms with Crippen molar-refractivity contribution in [2.24, 2.45) is 0 Å². The standard InChI is InChI=1S/C33H40N4O9S/c1-6-33(3,46-32(42)45-23-15-11-8-12-16-23)28(38)24(17-22-13-9-7-10-14-22)35-29(39)25(19-43-4)36-30(40)26(20-44-5)37-31(41)27-18-34-21(2)47-27/h7-16,18,24-26H,6,17,19-20H2,1-5H3,(H,35,39)(H,36,40)(H,37,41)/t24-,25-,26-,33+/m0/s1. The summed E-state index contributed by atoms with van der Waals surface area (Å²) in [6.45, 7) is 4.42. The van der Waals surface area contributed by atoms with Gasteiger partial charge in [0.15, 0.2) is 11.4 Å². The molecule has 0 unspecified atom stereocenters. The van der Waals surface area contributed by atoms with Crippen LogP contribution in [0.3, 0.4) is 0 Å². The average molecular weight is 669 g/mol. The molecule has 0 spiro atoms. The van der Waals surface area contributed by atoms with E-state index in [1.165, 1.54) is 27.3 Å². The van der Waals surface area contributed by atoms with Crippen LogP contribution in [0.15, 0.2) is 66.9 Å². The molecular formula is C33H40N4O9S. The molecular weight excluding hydrogens is 628 g/mol. The average Bonchev–Trinajstić information content (AvgIpc) is 3.50. The Morgan fingerprint density at radius 2 is 1.38 bits per heavy atom. The van der Waals surface area contributed by atoms with Crippen molar-refractivity contribution in [2.75, 3.05) is 27.4 Å². The van der Waals surface area contributed by atoms with Gasteiger partial charge in [0, 0.05) is 14.2 Å². The number of methoxy groups -OCH3 is 2. The van der Waals surface area contributed by atoms with E-state index < -0.39 is 53.4 Å². The van der Waals surface area contributed by atoms with E-state index in [4.69, 9.17) is 18.9 Å². The zero-order valence-electron chi connectivity index (χ0n) is 26.9. The fourth-order valence-corrected chi connectivity index (χ4v) is 5.13. The number of amides is 3. The molecule has 0 saturated carbocycles. The molecule has 3 amide bonds. The van der Waals surface area contributed by atoms with E-state index in [0.29, 0.717) is 9.88 Å². The molecule has 0 fully saturated rings. The van der Waals surface area contributed by atoms with Gasteiger partial charge in [-0.1, -0.05) is 55.5 Å². The molecule has 1 heterocycles. The molecule has 3 rings (SSSR count). The lowest BCUT2D eigenvalue weighted by atomic mass is 9.88. The van der Waals surface area contributed by atoms with Crippen LogP contribution in [0, 0.1) is 6.92 Å². The molecule has 47 heavy (non-hydrogen) atoms. The highest BCUT2D eigenvalue weighted by Gasteiger charge is 2.42. The third kappa shape index (κ3) is 11.0. The van der Waals surface area contributed by atoms with Crippen LogP contribution in [-0.4, -0.2) is 85.8 Å². The number of ether oxygens (including phenoxy) is 4. The van der Waals surface area contributed by atoms with Crippen LogP contribution >= 0.6 is 11.3 Å². The number of aromatic nitrogens is 1. The van der Waals surface area contributed by atoms with Crippen molar-refractivity contribution >= 4 is 41.0 Å². The van der Waals surface area contributed by atoms with Crippen molar-refractivity contribution < 1.29 is 42.9 Å². The first-order valence-corrected chi connectivity index (χ1v) is 15.7. The van der Waals surface area contributed by atoms with Crippen molar-refractivity contribution in [3.05, 3.63) is 82.3 Å². The monoisotopic (exact) mass is 668 g/mol. The maximum Gasteiger partial charge on any atom is 0.514 e. The predicted octanol–water partition coefficient (Wildman–Crippen LogP) is 3.01. The maximum absolute atomic E-state index is 14.0. The van der Waals surface area contributed by atoms with E-state index in [-0.39, 0.29) is 31.8 Å². The summed E-state index contributed by atoms with van der Waals surface area (Å²) in [6, 6.07) is 13.6. The molecule has 3 N–H and O–H groups in total. The fourth-order valence-electron chi connectivity index (χ4n) is 4.45. The summed E-state index contributed by atoms with van der Waals surface area (Å²) < 4.78 is 21.1. The van der Waals surface area contributed by atoms with Gasteiger partial charge in [0.25, 0.3) is 5.91 Å². The number of carbonyl (C=O) groups excluding carboxylic acids is 5. The third-order valence-electron chi connectivity index (χ3n) is 7.13. The number of thiazole rings is 1. The number of nitrogens with one attached hydrogen (secondary N) is 3. The van der Waals surface area contributed by atoms with E-state index in [1.807, 2.05) is 6.07 Å². The second kappa shape index (κ2) is 17.9. The molecule has 0 bridgehead atoms. The molecule has 0 saturated heterocycles. The number of nitrogens with zero attached hydrogens (tertiary/aromatic N) is 1. The number of ketones is 1. The Balaban J connectivity index is 1.80. The largest absolute Gasteiger partial charge is 0.514 e. The fraction of sp³-hybridized carbons (Fsp3) is 0.394. The first kappa shape index (κ1) is 36.8. The van der Waals surface area contributed by atoms with Crippen LogP contribution in [0.5, 0.6) is 5.75 Å². The van der Waals surface area contributed by atoms with Crippen LogP contribution < -0.4 is 20.7 Å². The van der Waals surface area contributed by atoms with Gasteiger partial charge in [-0.3, -0.25) is 19.2 Å². The Bertz CT molecular complexity index is 1500. The van der Waals surface area contributed by atoms with Crippen LogP contribution in [0.1, 0.15) is 40.5 Å². The summed E-state index contributed by atoms with van der Waals surface area (Å²) in [4.78, 5) is 70.8. The number of carbonyl (C=O) groups is 5. The molecule has 0 radical (unpaired) electrons.